The van der Waals surface area contributed by atoms with E-state index in [0.29, 0.717) is 33.9 Å². The summed E-state index contributed by atoms with van der Waals surface area (Å²) in [5.41, 5.74) is 4.40. The third-order valence-corrected chi connectivity index (χ3v) is 12.5. The van der Waals surface area contributed by atoms with Gasteiger partial charge in [0.25, 0.3) is 0 Å². The highest BCUT2D eigenvalue weighted by Gasteiger charge is 2.31. The van der Waals surface area contributed by atoms with E-state index in [1.54, 1.807) is 42.5 Å². The fraction of sp³-hybridized carbons (Fsp3) is 0.100. The lowest BCUT2D eigenvalue weighted by Gasteiger charge is -2.25. The number of fused-ring (bicyclic) bond motifs is 3. The van der Waals surface area contributed by atoms with Gasteiger partial charge in [-0.15, -0.1) is 0 Å². The maximum absolute atomic E-state index is 14.4. The number of ether oxygens (including phenoxy) is 2. The van der Waals surface area contributed by atoms with Gasteiger partial charge in [-0.25, -0.2) is 16.8 Å². The van der Waals surface area contributed by atoms with E-state index in [-0.39, 0.29) is 37.5 Å². The van der Waals surface area contributed by atoms with Crippen LogP contribution in [-0.2, 0) is 26.3 Å². The number of rotatable bonds is 7. The van der Waals surface area contributed by atoms with Crippen molar-refractivity contribution in [2.75, 3.05) is 0 Å². The van der Waals surface area contributed by atoms with Gasteiger partial charge in [-0.2, -0.15) is 0 Å². The molecule has 2 aliphatic heterocycles. The van der Waals surface area contributed by atoms with E-state index < -0.39 is 25.8 Å². The second-order valence-electron chi connectivity index (χ2n) is 12.1. The summed E-state index contributed by atoms with van der Waals surface area (Å²) in [5.74, 6) is 1.36. The first-order valence-electron chi connectivity index (χ1n) is 15.7. The summed E-state index contributed by atoms with van der Waals surface area (Å²) >= 11 is 0. The zero-order valence-corrected chi connectivity index (χ0v) is 28.7. The van der Waals surface area contributed by atoms with Gasteiger partial charge in [0.15, 0.2) is 0 Å². The molecule has 50 heavy (non-hydrogen) atoms. The first-order valence-corrected chi connectivity index (χ1v) is 18.7. The third kappa shape index (κ3) is 6.13. The Morgan fingerprint density at radius 1 is 0.640 bits per heavy atom. The van der Waals surface area contributed by atoms with Crippen molar-refractivity contribution >= 4 is 19.7 Å². The molecule has 10 heteroatoms. The van der Waals surface area contributed by atoms with Gasteiger partial charge in [0.05, 0.1) is 19.6 Å². The van der Waals surface area contributed by atoms with Crippen molar-refractivity contribution in [1.82, 2.24) is 0 Å². The fourth-order valence-electron chi connectivity index (χ4n) is 5.92. The minimum atomic E-state index is -4.22. The predicted octanol–water partition coefficient (Wildman–Crippen LogP) is 8.11. The molecule has 1 unspecified atom stereocenters. The normalized spacial score (nSPS) is 14.2. The molecule has 0 radical (unpaired) electrons. The molecule has 2 heterocycles. The van der Waals surface area contributed by atoms with Crippen LogP contribution < -0.4 is 9.47 Å². The quantitative estimate of drug-likeness (QED) is 0.171. The molecule has 0 aromatic heterocycles. The topological polar surface area (TPSA) is 127 Å². The monoisotopic (exact) mass is 704 g/mol. The minimum absolute atomic E-state index is 0.000593. The number of sulfone groups is 2. The summed E-state index contributed by atoms with van der Waals surface area (Å²) in [4.78, 5) is -0.123. The number of aryl methyl sites for hydroxylation is 2. The molecule has 1 atom stereocenters. The number of benzene rings is 6. The Kier molecular flexibility index (Phi) is 8.47. The van der Waals surface area contributed by atoms with Gasteiger partial charge in [0.1, 0.15) is 35.7 Å². The summed E-state index contributed by atoms with van der Waals surface area (Å²) in [5, 5.41) is 21.5. The Hall–Kier alpha value is -5.42. The summed E-state index contributed by atoms with van der Waals surface area (Å²) in [6, 6.07) is 33.1. The smallest absolute Gasteiger partial charge is 0.207 e. The van der Waals surface area contributed by atoms with Crippen LogP contribution >= 0.6 is 0 Å². The minimum Gasteiger partial charge on any atom is -0.508 e. The molecule has 0 fully saturated rings. The predicted molar refractivity (Wildman–Crippen MR) is 188 cm³/mol. The number of aromatic hydroxyl groups is 1. The van der Waals surface area contributed by atoms with E-state index in [0.717, 1.165) is 16.7 Å². The van der Waals surface area contributed by atoms with Gasteiger partial charge in [-0.05, 0) is 127 Å². The van der Waals surface area contributed by atoms with E-state index in [2.05, 4.69) is 0 Å². The number of aliphatic hydroxyl groups excluding tert-OH is 1. The zero-order chi connectivity index (χ0) is 35.2. The van der Waals surface area contributed by atoms with Crippen molar-refractivity contribution in [1.29, 1.82) is 0 Å². The molecular weight excluding hydrogens is 673 g/mol. The second-order valence-corrected chi connectivity index (χ2v) is 16.0. The van der Waals surface area contributed by atoms with Crippen LogP contribution in [-0.4, -0.2) is 27.0 Å². The van der Waals surface area contributed by atoms with Crippen molar-refractivity contribution in [3.8, 4) is 34.1 Å². The highest BCUT2D eigenvalue weighted by atomic mass is 32.2. The molecule has 0 aliphatic carbocycles. The molecule has 0 spiro atoms. The van der Waals surface area contributed by atoms with E-state index in [1.807, 2.05) is 44.2 Å². The van der Waals surface area contributed by atoms with Crippen molar-refractivity contribution in [3.63, 3.8) is 0 Å². The maximum Gasteiger partial charge on any atom is 0.207 e. The maximum atomic E-state index is 14.4. The van der Waals surface area contributed by atoms with Crippen LogP contribution in [0.3, 0.4) is 0 Å². The summed E-state index contributed by atoms with van der Waals surface area (Å²) in [6.45, 7) is 4.18. The molecule has 0 amide bonds. The van der Waals surface area contributed by atoms with Gasteiger partial charge in [0.2, 0.25) is 19.7 Å². The Balaban J connectivity index is 1.33. The third-order valence-electron chi connectivity index (χ3n) is 8.87. The molecule has 8 rings (SSSR count). The van der Waals surface area contributed by atoms with Crippen LogP contribution in [0.2, 0.25) is 0 Å². The van der Waals surface area contributed by atoms with Crippen LogP contribution in [0.15, 0.2) is 147 Å². The number of phenolic OH excluding ortho intramolecular Hbond substituents is 1. The van der Waals surface area contributed by atoms with Gasteiger partial charge >= 0.3 is 0 Å². The Bertz CT molecular complexity index is 2440. The second kappa shape index (κ2) is 12.8. The number of hydrogen-bond donors (Lipinski definition) is 2. The highest BCUT2D eigenvalue weighted by Crippen LogP contribution is 2.45. The van der Waals surface area contributed by atoms with Crippen LogP contribution in [0, 0.1) is 13.8 Å². The molecule has 8 nitrogen and oxygen atoms in total. The fourth-order valence-corrected chi connectivity index (χ4v) is 8.68. The largest absolute Gasteiger partial charge is 0.508 e. The van der Waals surface area contributed by atoms with Crippen LogP contribution in [0.5, 0.6) is 23.0 Å². The molecule has 6 aromatic rings. The average Bonchev–Trinajstić information content (AvgIpc) is 3.12. The lowest BCUT2D eigenvalue weighted by atomic mass is 9.91. The summed E-state index contributed by atoms with van der Waals surface area (Å²) in [6.07, 6.45) is -1.38. The van der Waals surface area contributed by atoms with E-state index >= 15 is 0 Å². The highest BCUT2D eigenvalue weighted by molar-refractivity contribution is 7.91. The van der Waals surface area contributed by atoms with Crippen molar-refractivity contribution in [2.24, 2.45) is 0 Å². The molecule has 2 aliphatic rings. The van der Waals surface area contributed by atoms with E-state index in [1.165, 1.54) is 54.6 Å². The van der Waals surface area contributed by atoms with Crippen molar-refractivity contribution in [2.45, 2.75) is 46.1 Å². The van der Waals surface area contributed by atoms with Gasteiger partial charge < -0.3 is 19.7 Å². The van der Waals surface area contributed by atoms with E-state index in [4.69, 9.17) is 9.47 Å². The van der Waals surface area contributed by atoms with E-state index in [9.17, 15) is 27.0 Å². The first kappa shape index (κ1) is 33.1. The Labute approximate surface area is 290 Å². The van der Waals surface area contributed by atoms with Crippen LogP contribution in [0.25, 0.3) is 11.1 Å². The van der Waals surface area contributed by atoms with Gasteiger partial charge in [0, 0.05) is 11.1 Å². The molecular formula is C40H32O8S2. The SMILES string of the molecule is Cc1ccc(Oc2ccc(S(=O)(=O)c3ccc4c(-c5ccc(S(=O)(=O)c6ccc(O)cc6)cc5)c3C(O)c3ccc(cc3)CO4)cc2)cc1C. The number of hydrogen-bond acceptors (Lipinski definition) is 8. The van der Waals surface area contributed by atoms with Crippen LogP contribution in [0.1, 0.15) is 33.9 Å². The Morgan fingerprint density at radius 3 is 1.86 bits per heavy atom. The first-order chi connectivity index (χ1) is 23.9. The van der Waals surface area contributed by atoms with Gasteiger partial charge in [-0.1, -0.05) is 42.5 Å². The molecule has 4 bridgehead atoms. The van der Waals surface area contributed by atoms with Gasteiger partial charge in [-0.3, -0.25) is 0 Å². The average molecular weight is 705 g/mol. The molecule has 6 aromatic carbocycles. The van der Waals surface area contributed by atoms with Crippen molar-refractivity contribution < 1.29 is 36.5 Å². The molecule has 0 saturated carbocycles. The molecule has 0 saturated heterocycles. The zero-order valence-electron chi connectivity index (χ0n) is 27.1. The standard InChI is InChI=1S/C40H32O8S2/c1-25-3-12-32(23-26(25)2)48-31-13-19-35(20-14-31)50(45,46)37-22-21-36-38(39(37)40(42)29-6-4-27(5-7-29)24-47-36)28-8-15-33(16-9-28)49(43,44)34-17-10-30(41)11-18-34/h3-23,40-42H,24H2,1-2H3. The summed E-state index contributed by atoms with van der Waals surface area (Å²) < 4.78 is 67.7. The van der Waals surface area contributed by atoms with Crippen LogP contribution in [0.4, 0.5) is 0 Å². The Morgan fingerprint density at radius 2 is 1.22 bits per heavy atom. The summed E-state index contributed by atoms with van der Waals surface area (Å²) in [7, 11) is -8.15. The lowest BCUT2D eigenvalue weighted by molar-refractivity contribution is 0.215. The molecule has 252 valence electrons. The number of aliphatic hydroxyl groups is 1. The van der Waals surface area contributed by atoms with Crippen molar-refractivity contribution in [3.05, 3.63) is 155 Å². The number of phenols is 1. The molecule has 2 N–H and O–H groups in total. The lowest BCUT2D eigenvalue weighted by Crippen LogP contribution is -2.14.